The molecule has 0 aliphatic rings. The summed E-state index contributed by atoms with van der Waals surface area (Å²) >= 11 is 0. The van der Waals surface area contributed by atoms with Gasteiger partial charge >= 0.3 is 0 Å². The first-order chi connectivity index (χ1) is 13.2. The van der Waals surface area contributed by atoms with Crippen molar-refractivity contribution in [3.8, 4) is 17.2 Å². The van der Waals surface area contributed by atoms with E-state index in [0.29, 0.717) is 0 Å². The molecule has 0 saturated carbocycles. The molecule has 1 heterocycles. The summed E-state index contributed by atoms with van der Waals surface area (Å²) in [4.78, 5) is 0. The summed E-state index contributed by atoms with van der Waals surface area (Å²) in [5.41, 5.74) is 4.50. The number of rotatable bonds is 2. The number of aryl methyl sites for hydroxylation is 1. The van der Waals surface area contributed by atoms with Crippen molar-refractivity contribution in [3.63, 3.8) is 0 Å². The summed E-state index contributed by atoms with van der Waals surface area (Å²) in [6.45, 7) is 2.10. The Morgan fingerprint density at radius 3 is 2.44 bits per heavy atom. The fourth-order valence-electron chi connectivity index (χ4n) is 4.02. The number of hydrogen-bond donors (Lipinski definition) is 1. The molecule has 0 saturated heterocycles. The maximum Gasteiger partial charge on any atom is 0.119 e. The van der Waals surface area contributed by atoms with Crippen molar-refractivity contribution in [2.24, 2.45) is 0 Å². The van der Waals surface area contributed by atoms with Gasteiger partial charge in [-0.15, -0.1) is 0 Å². The van der Waals surface area contributed by atoms with E-state index >= 15 is 0 Å². The van der Waals surface area contributed by atoms with Gasteiger partial charge in [-0.2, -0.15) is 0 Å². The third-order valence-electron chi connectivity index (χ3n) is 5.28. The Morgan fingerprint density at radius 1 is 0.815 bits per heavy atom. The summed E-state index contributed by atoms with van der Waals surface area (Å²) in [7, 11) is 1.69. The maximum absolute atomic E-state index is 10.1. The van der Waals surface area contributed by atoms with Gasteiger partial charge in [-0.1, -0.05) is 36.4 Å². The zero-order chi connectivity index (χ0) is 18.5. The fraction of sp³-hybridized carbons (Fsp3) is 0.0833. The van der Waals surface area contributed by atoms with Crippen LogP contribution in [0.25, 0.3) is 38.3 Å². The summed E-state index contributed by atoms with van der Waals surface area (Å²) in [6.07, 6.45) is 0. The van der Waals surface area contributed by atoms with Gasteiger partial charge in [0.15, 0.2) is 0 Å². The first kappa shape index (κ1) is 15.8. The van der Waals surface area contributed by atoms with Gasteiger partial charge in [0, 0.05) is 21.8 Å². The minimum absolute atomic E-state index is 0.276. The van der Waals surface area contributed by atoms with Crippen molar-refractivity contribution in [2.75, 3.05) is 7.11 Å². The maximum atomic E-state index is 10.1. The van der Waals surface area contributed by atoms with E-state index in [1.807, 2.05) is 18.2 Å². The van der Waals surface area contributed by atoms with Crippen molar-refractivity contribution >= 4 is 32.6 Å². The largest absolute Gasteiger partial charge is 0.508 e. The van der Waals surface area contributed by atoms with Gasteiger partial charge in [-0.3, -0.25) is 0 Å². The van der Waals surface area contributed by atoms with E-state index in [-0.39, 0.29) is 5.75 Å². The number of phenolic OH excluding ortho intramolecular Hbond substituents is 1. The molecule has 0 atom stereocenters. The topological polar surface area (TPSA) is 34.4 Å². The highest BCUT2D eigenvalue weighted by atomic mass is 16.5. The van der Waals surface area contributed by atoms with Crippen LogP contribution in [0.3, 0.4) is 0 Å². The molecule has 0 fully saturated rings. The first-order valence-electron chi connectivity index (χ1n) is 8.97. The van der Waals surface area contributed by atoms with Crippen molar-refractivity contribution in [1.29, 1.82) is 0 Å². The molecule has 3 nitrogen and oxygen atoms in total. The lowest BCUT2D eigenvalue weighted by Gasteiger charge is -2.13. The summed E-state index contributed by atoms with van der Waals surface area (Å²) in [6, 6.07) is 24.4. The van der Waals surface area contributed by atoms with E-state index in [1.54, 1.807) is 13.2 Å². The van der Waals surface area contributed by atoms with Crippen LogP contribution < -0.4 is 4.74 Å². The van der Waals surface area contributed by atoms with E-state index in [2.05, 4.69) is 60.0 Å². The fourth-order valence-corrected chi connectivity index (χ4v) is 4.02. The van der Waals surface area contributed by atoms with Crippen molar-refractivity contribution in [1.82, 2.24) is 4.57 Å². The van der Waals surface area contributed by atoms with Crippen LogP contribution in [0.5, 0.6) is 11.5 Å². The minimum Gasteiger partial charge on any atom is -0.508 e. The van der Waals surface area contributed by atoms with Gasteiger partial charge in [-0.05, 0) is 54.3 Å². The molecular formula is C24H19NO2. The molecule has 1 aromatic heterocycles. The monoisotopic (exact) mass is 353 g/mol. The standard InChI is InChI=1S/C24H19NO2/c1-15-13-18(27-2)10-12-22(15)25-23-6-4-3-5-19(23)20-11-8-16-7-9-17(26)14-21(16)24(20)25/h3-14,26H,1-2H3. The Balaban J connectivity index is 2.01. The van der Waals surface area contributed by atoms with Gasteiger partial charge in [0.2, 0.25) is 0 Å². The normalized spacial score (nSPS) is 11.5. The lowest BCUT2D eigenvalue weighted by atomic mass is 10.1. The molecule has 0 radical (unpaired) electrons. The highest BCUT2D eigenvalue weighted by Crippen LogP contribution is 2.38. The van der Waals surface area contributed by atoms with E-state index < -0.39 is 0 Å². The van der Waals surface area contributed by atoms with Gasteiger partial charge in [0.05, 0.1) is 18.1 Å². The Bertz CT molecular complexity index is 1330. The molecule has 0 aliphatic carbocycles. The molecule has 132 valence electrons. The van der Waals surface area contributed by atoms with Crippen LogP contribution in [0.2, 0.25) is 0 Å². The number of para-hydroxylation sites is 1. The van der Waals surface area contributed by atoms with Crippen molar-refractivity contribution in [3.05, 3.63) is 78.4 Å². The molecule has 0 bridgehead atoms. The number of fused-ring (bicyclic) bond motifs is 5. The SMILES string of the molecule is COc1ccc(-n2c3ccccc3c3ccc4ccc(O)cc4c32)c(C)c1. The molecule has 27 heavy (non-hydrogen) atoms. The van der Waals surface area contributed by atoms with Crippen molar-refractivity contribution < 1.29 is 9.84 Å². The van der Waals surface area contributed by atoms with Crippen LogP contribution in [0, 0.1) is 6.92 Å². The Labute approximate surface area is 157 Å². The molecule has 5 aromatic rings. The van der Waals surface area contributed by atoms with Gasteiger partial charge < -0.3 is 14.4 Å². The number of methoxy groups -OCH3 is 1. The van der Waals surface area contributed by atoms with Crippen LogP contribution >= 0.6 is 0 Å². The van der Waals surface area contributed by atoms with E-state index in [0.717, 1.165) is 38.8 Å². The van der Waals surface area contributed by atoms with Crippen molar-refractivity contribution in [2.45, 2.75) is 6.92 Å². The average molecular weight is 353 g/mol. The summed E-state index contributed by atoms with van der Waals surface area (Å²) < 4.78 is 7.68. The molecule has 5 rings (SSSR count). The lowest BCUT2D eigenvalue weighted by Crippen LogP contribution is -1.98. The van der Waals surface area contributed by atoms with Gasteiger partial charge in [0.1, 0.15) is 11.5 Å². The Morgan fingerprint density at radius 2 is 1.63 bits per heavy atom. The van der Waals surface area contributed by atoms with Gasteiger partial charge in [-0.25, -0.2) is 0 Å². The number of hydrogen-bond acceptors (Lipinski definition) is 2. The van der Waals surface area contributed by atoms with Crippen LogP contribution in [-0.2, 0) is 0 Å². The van der Waals surface area contributed by atoms with E-state index in [1.165, 1.54) is 10.8 Å². The minimum atomic E-state index is 0.276. The number of phenols is 1. The second-order valence-electron chi connectivity index (χ2n) is 6.87. The molecule has 0 aliphatic heterocycles. The van der Waals surface area contributed by atoms with Crippen LogP contribution in [0.1, 0.15) is 5.56 Å². The zero-order valence-electron chi connectivity index (χ0n) is 15.2. The smallest absolute Gasteiger partial charge is 0.119 e. The molecule has 0 unspecified atom stereocenters. The molecule has 3 heteroatoms. The molecule has 0 spiro atoms. The Hall–Kier alpha value is -3.46. The van der Waals surface area contributed by atoms with E-state index in [4.69, 9.17) is 4.74 Å². The first-order valence-corrected chi connectivity index (χ1v) is 8.97. The predicted molar refractivity (Wildman–Crippen MR) is 111 cm³/mol. The Kier molecular flexibility index (Phi) is 3.37. The summed E-state index contributed by atoms with van der Waals surface area (Å²) in [5, 5.41) is 14.7. The predicted octanol–water partition coefficient (Wildman–Crippen LogP) is 5.96. The number of benzene rings is 4. The second kappa shape index (κ2) is 5.78. The quantitative estimate of drug-likeness (QED) is 0.425. The number of aromatic hydroxyl groups is 1. The number of ether oxygens (including phenoxy) is 1. The lowest BCUT2D eigenvalue weighted by molar-refractivity contribution is 0.414. The average Bonchev–Trinajstić information content (AvgIpc) is 3.02. The van der Waals surface area contributed by atoms with Gasteiger partial charge in [0.25, 0.3) is 0 Å². The second-order valence-corrected chi connectivity index (χ2v) is 6.87. The highest BCUT2D eigenvalue weighted by molar-refractivity contribution is 6.18. The number of aromatic nitrogens is 1. The molecule has 4 aromatic carbocycles. The molecular weight excluding hydrogens is 334 g/mol. The van der Waals surface area contributed by atoms with Crippen LogP contribution in [0.15, 0.2) is 72.8 Å². The molecule has 1 N–H and O–H groups in total. The van der Waals surface area contributed by atoms with E-state index in [9.17, 15) is 5.11 Å². The molecule has 0 amide bonds. The number of nitrogens with zero attached hydrogens (tertiary/aromatic N) is 1. The third-order valence-corrected chi connectivity index (χ3v) is 5.28. The highest BCUT2D eigenvalue weighted by Gasteiger charge is 2.16. The summed E-state index contributed by atoms with van der Waals surface area (Å²) in [5.74, 6) is 1.12. The zero-order valence-corrected chi connectivity index (χ0v) is 15.2. The third kappa shape index (κ3) is 2.28. The van der Waals surface area contributed by atoms with Crippen LogP contribution in [0.4, 0.5) is 0 Å². The van der Waals surface area contributed by atoms with Crippen LogP contribution in [-0.4, -0.2) is 16.8 Å².